The molecule has 1 aromatic heterocycles. The Morgan fingerprint density at radius 2 is 1.86 bits per heavy atom. The van der Waals surface area contributed by atoms with E-state index in [0.29, 0.717) is 6.42 Å². The summed E-state index contributed by atoms with van der Waals surface area (Å²) >= 11 is 1.79. The maximum atomic E-state index is 12.3. The Morgan fingerprint density at radius 3 is 2.69 bits per heavy atom. The van der Waals surface area contributed by atoms with Crippen LogP contribution in [0.25, 0.3) is 22.4 Å². The number of H-pyrrole nitrogens is 1. The molecule has 4 nitrogen and oxygen atoms in total. The number of imidazole rings is 1. The summed E-state index contributed by atoms with van der Waals surface area (Å²) in [6.07, 6.45) is 1.35. The number of aromatic amines is 1. The molecule has 0 saturated carbocycles. The smallest absolute Gasteiger partial charge is 0.224 e. The summed E-state index contributed by atoms with van der Waals surface area (Å²) in [5, 5.41) is 3.00. The standard InChI is InChI=1S/C24H23N3OS/c1-17-11-13-20(14-12-17)29-15-5-10-23(28)25-19-7-4-6-18(16-19)24-26-21-8-2-3-9-22(21)27-24/h2-4,6-9,11-14,16H,5,10,15H2,1H3,(H,25,28)(H,26,27). The average molecular weight is 402 g/mol. The van der Waals surface area contributed by atoms with E-state index in [1.165, 1.54) is 10.5 Å². The van der Waals surface area contributed by atoms with Crippen LogP contribution in [0.1, 0.15) is 18.4 Å². The van der Waals surface area contributed by atoms with Crippen molar-refractivity contribution in [2.75, 3.05) is 11.1 Å². The Balaban J connectivity index is 1.31. The van der Waals surface area contributed by atoms with Gasteiger partial charge in [-0.15, -0.1) is 11.8 Å². The number of thioether (sulfide) groups is 1. The lowest BCUT2D eigenvalue weighted by atomic mass is 10.2. The predicted molar refractivity (Wildman–Crippen MR) is 121 cm³/mol. The van der Waals surface area contributed by atoms with Crippen molar-refractivity contribution < 1.29 is 4.79 Å². The van der Waals surface area contributed by atoms with Gasteiger partial charge in [-0.05, 0) is 55.5 Å². The molecule has 0 unspecified atom stereocenters. The van der Waals surface area contributed by atoms with E-state index in [-0.39, 0.29) is 5.91 Å². The number of aromatic nitrogens is 2. The van der Waals surface area contributed by atoms with Gasteiger partial charge in [0, 0.05) is 22.6 Å². The topological polar surface area (TPSA) is 57.8 Å². The highest BCUT2D eigenvalue weighted by Crippen LogP contribution is 2.23. The lowest BCUT2D eigenvalue weighted by molar-refractivity contribution is -0.116. The van der Waals surface area contributed by atoms with Crippen molar-refractivity contribution in [2.45, 2.75) is 24.7 Å². The van der Waals surface area contributed by atoms with E-state index in [2.05, 4.69) is 46.5 Å². The third-order valence-electron chi connectivity index (χ3n) is 4.65. The molecule has 4 rings (SSSR count). The van der Waals surface area contributed by atoms with Gasteiger partial charge >= 0.3 is 0 Å². The number of nitrogens with zero attached hydrogens (tertiary/aromatic N) is 1. The van der Waals surface area contributed by atoms with Crippen molar-refractivity contribution >= 4 is 34.4 Å². The molecule has 0 spiro atoms. The number of nitrogens with one attached hydrogen (secondary N) is 2. The SMILES string of the molecule is Cc1ccc(SCCCC(=O)Nc2cccc(-c3nc4ccccc4[nH]3)c2)cc1. The van der Waals surface area contributed by atoms with Crippen LogP contribution in [0, 0.1) is 6.92 Å². The molecule has 5 heteroatoms. The van der Waals surface area contributed by atoms with Crippen molar-refractivity contribution in [1.29, 1.82) is 0 Å². The van der Waals surface area contributed by atoms with Crippen LogP contribution in [0.15, 0.2) is 77.7 Å². The van der Waals surface area contributed by atoms with Crippen LogP contribution in [0.3, 0.4) is 0 Å². The molecule has 0 saturated heterocycles. The maximum absolute atomic E-state index is 12.3. The molecule has 29 heavy (non-hydrogen) atoms. The minimum Gasteiger partial charge on any atom is -0.338 e. The summed E-state index contributed by atoms with van der Waals surface area (Å²) in [6, 6.07) is 24.2. The van der Waals surface area contributed by atoms with Gasteiger partial charge in [-0.3, -0.25) is 4.79 Å². The first-order chi connectivity index (χ1) is 14.2. The number of benzene rings is 3. The molecular weight excluding hydrogens is 378 g/mol. The highest BCUT2D eigenvalue weighted by Gasteiger charge is 2.07. The highest BCUT2D eigenvalue weighted by molar-refractivity contribution is 7.99. The zero-order valence-corrected chi connectivity index (χ0v) is 17.1. The molecule has 0 bridgehead atoms. The average Bonchev–Trinajstić information content (AvgIpc) is 3.17. The summed E-state index contributed by atoms with van der Waals surface area (Å²) in [7, 11) is 0. The zero-order chi connectivity index (χ0) is 20.1. The lowest BCUT2D eigenvalue weighted by Crippen LogP contribution is -2.11. The number of hydrogen-bond donors (Lipinski definition) is 2. The van der Waals surface area contributed by atoms with Crippen LogP contribution >= 0.6 is 11.8 Å². The second-order valence-corrected chi connectivity index (χ2v) is 8.16. The fourth-order valence-corrected chi connectivity index (χ4v) is 3.97. The summed E-state index contributed by atoms with van der Waals surface area (Å²) in [5.41, 5.74) is 4.94. The van der Waals surface area contributed by atoms with Crippen LogP contribution < -0.4 is 5.32 Å². The van der Waals surface area contributed by atoms with Gasteiger partial charge in [-0.2, -0.15) is 0 Å². The summed E-state index contributed by atoms with van der Waals surface area (Å²) < 4.78 is 0. The third-order valence-corrected chi connectivity index (χ3v) is 5.75. The molecule has 2 N–H and O–H groups in total. The minimum absolute atomic E-state index is 0.0382. The Kier molecular flexibility index (Phi) is 5.96. The van der Waals surface area contributed by atoms with E-state index < -0.39 is 0 Å². The molecule has 0 atom stereocenters. The summed E-state index contributed by atoms with van der Waals surface area (Å²) in [5.74, 6) is 1.77. The minimum atomic E-state index is 0.0382. The van der Waals surface area contributed by atoms with E-state index in [9.17, 15) is 4.79 Å². The van der Waals surface area contributed by atoms with E-state index in [1.807, 2.05) is 48.5 Å². The molecule has 146 valence electrons. The number of aryl methyl sites for hydroxylation is 1. The van der Waals surface area contributed by atoms with Crippen molar-refractivity contribution in [3.63, 3.8) is 0 Å². The quantitative estimate of drug-likeness (QED) is 0.293. The van der Waals surface area contributed by atoms with Gasteiger partial charge in [-0.1, -0.05) is 42.0 Å². The number of carbonyl (C=O) groups is 1. The van der Waals surface area contributed by atoms with Crippen LogP contribution in [-0.2, 0) is 4.79 Å². The van der Waals surface area contributed by atoms with E-state index in [4.69, 9.17) is 0 Å². The van der Waals surface area contributed by atoms with E-state index >= 15 is 0 Å². The molecule has 3 aromatic carbocycles. The maximum Gasteiger partial charge on any atom is 0.224 e. The number of carbonyl (C=O) groups excluding carboxylic acids is 1. The Labute approximate surface area is 174 Å². The lowest BCUT2D eigenvalue weighted by Gasteiger charge is -2.07. The van der Waals surface area contributed by atoms with E-state index in [0.717, 1.165) is 40.3 Å². The first-order valence-electron chi connectivity index (χ1n) is 9.72. The van der Waals surface area contributed by atoms with Crippen LogP contribution in [0.5, 0.6) is 0 Å². The van der Waals surface area contributed by atoms with Crippen LogP contribution in [0.4, 0.5) is 5.69 Å². The first kappa shape index (κ1) is 19.3. The molecule has 0 aliphatic heterocycles. The second-order valence-electron chi connectivity index (χ2n) is 7.00. The van der Waals surface area contributed by atoms with Crippen molar-refractivity contribution in [3.05, 3.63) is 78.4 Å². The van der Waals surface area contributed by atoms with E-state index in [1.54, 1.807) is 11.8 Å². The first-order valence-corrected chi connectivity index (χ1v) is 10.7. The highest BCUT2D eigenvalue weighted by atomic mass is 32.2. The Hall–Kier alpha value is -3.05. The van der Waals surface area contributed by atoms with Gasteiger partial charge < -0.3 is 10.3 Å². The molecular formula is C24H23N3OS. The number of rotatable bonds is 7. The molecule has 1 amide bonds. The van der Waals surface area contributed by atoms with Gasteiger partial charge in [-0.25, -0.2) is 4.98 Å². The van der Waals surface area contributed by atoms with Gasteiger partial charge in [0.15, 0.2) is 0 Å². The molecule has 0 aliphatic carbocycles. The van der Waals surface area contributed by atoms with Gasteiger partial charge in [0.1, 0.15) is 5.82 Å². The van der Waals surface area contributed by atoms with Gasteiger partial charge in [0.2, 0.25) is 5.91 Å². The Morgan fingerprint density at radius 1 is 1.03 bits per heavy atom. The Bertz CT molecular complexity index is 1090. The third kappa shape index (κ3) is 5.06. The molecule has 0 aliphatic rings. The molecule has 1 heterocycles. The number of anilines is 1. The molecule has 0 fully saturated rings. The zero-order valence-electron chi connectivity index (χ0n) is 16.3. The van der Waals surface area contributed by atoms with Crippen molar-refractivity contribution in [1.82, 2.24) is 9.97 Å². The normalized spacial score (nSPS) is 10.9. The fraction of sp³-hybridized carbons (Fsp3) is 0.167. The van der Waals surface area contributed by atoms with Crippen LogP contribution in [-0.4, -0.2) is 21.6 Å². The second kappa shape index (κ2) is 8.97. The molecule has 0 radical (unpaired) electrons. The number of para-hydroxylation sites is 2. The monoisotopic (exact) mass is 401 g/mol. The van der Waals surface area contributed by atoms with Gasteiger partial charge in [0.25, 0.3) is 0 Å². The number of hydrogen-bond acceptors (Lipinski definition) is 3. The molecule has 4 aromatic rings. The number of fused-ring (bicyclic) bond motifs is 1. The largest absolute Gasteiger partial charge is 0.338 e. The fourth-order valence-electron chi connectivity index (χ4n) is 3.11. The van der Waals surface area contributed by atoms with Gasteiger partial charge in [0.05, 0.1) is 11.0 Å². The summed E-state index contributed by atoms with van der Waals surface area (Å²) in [6.45, 7) is 2.09. The van der Waals surface area contributed by atoms with Crippen molar-refractivity contribution in [3.8, 4) is 11.4 Å². The predicted octanol–water partition coefficient (Wildman–Crippen LogP) is 6.05. The number of amides is 1. The van der Waals surface area contributed by atoms with Crippen molar-refractivity contribution in [2.24, 2.45) is 0 Å². The summed E-state index contributed by atoms with van der Waals surface area (Å²) in [4.78, 5) is 21.5. The van der Waals surface area contributed by atoms with Crippen LogP contribution in [0.2, 0.25) is 0 Å².